The van der Waals surface area contributed by atoms with E-state index in [1.165, 1.54) is 6.08 Å². The van der Waals surface area contributed by atoms with Gasteiger partial charge in [0.2, 0.25) is 0 Å². The molecule has 0 spiro atoms. The van der Waals surface area contributed by atoms with Gasteiger partial charge in [0.05, 0.1) is 5.56 Å². The van der Waals surface area contributed by atoms with Crippen LogP contribution in [0.5, 0.6) is 0 Å². The number of carboxylic acid groups (broad SMARTS) is 1. The van der Waals surface area contributed by atoms with Crippen molar-refractivity contribution in [2.24, 2.45) is 0 Å². The Morgan fingerprint density at radius 3 is 1.88 bits per heavy atom. The van der Waals surface area contributed by atoms with Gasteiger partial charge in [0.25, 0.3) is 0 Å². The quantitative estimate of drug-likeness (QED) is 0.0866. The van der Waals surface area contributed by atoms with E-state index in [-0.39, 0.29) is 11.2 Å². The molecule has 4 aromatic rings. The molecule has 3 aromatic carbocycles. The first-order valence-electron chi connectivity index (χ1n) is 14.1. The molecule has 1 N–H and O–H groups in total. The molecular formula is C36H34N2O4. The molecule has 0 radical (unpaired) electrons. The molecule has 0 unspecified atom stereocenters. The highest BCUT2D eigenvalue weighted by atomic mass is 16.4. The van der Waals surface area contributed by atoms with Gasteiger partial charge in [0.1, 0.15) is 17.2 Å². The second-order valence-corrected chi connectivity index (χ2v) is 10.1. The zero-order chi connectivity index (χ0) is 30.1. The number of hydrogen-bond donors (Lipinski definition) is 1. The van der Waals surface area contributed by atoms with Crippen LogP contribution in [-0.2, 0) is 4.79 Å². The number of carboxylic acids is 1. The molecule has 4 rings (SSSR count). The zero-order valence-corrected chi connectivity index (χ0v) is 24.1. The minimum atomic E-state index is -1.24. The summed E-state index contributed by atoms with van der Waals surface area (Å²) in [6.07, 6.45) is 11.1. The molecule has 0 atom stereocenters. The lowest BCUT2D eigenvalue weighted by Crippen LogP contribution is -2.24. The number of aliphatic carboxylic acids is 1. The fourth-order valence-corrected chi connectivity index (χ4v) is 4.76. The maximum Gasteiger partial charge on any atom is 0.346 e. The van der Waals surface area contributed by atoms with E-state index in [9.17, 15) is 9.59 Å². The Morgan fingerprint density at radius 2 is 1.38 bits per heavy atom. The largest absolute Gasteiger partial charge is 0.477 e. The summed E-state index contributed by atoms with van der Waals surface area (Å²) in [5.74, 6) is -1.24. The van der Waals surface area contributed by atoms with E-state index >= 15 is 0 Å². The van der Waals surface area contributed by atoms with Gasteiger partial charge in [-0.25, -0.2) is 9.59 Å². The molecule has 0 saturated heterocycles. The Kier molecular flexibility index (Phi) is 9.91. The summed E-state index contributed by atoms with van der Waals surface area (Å²) in [4.78, 5) is 26.3. The smallest absolute Gasteiger partial charge is 0.346 e. The van der Waals surface area contributed by atoms with Gasteiger partial charge < -0.3 is 14.4 Å². The lowest BCUT2D eigenvalue weighted by atomic mass is 10.0. The lowest BCUT2D eigenvalue weighted by molar-refractivity contribution is -0.132. The Labute approximate surface area is 246 Å². The van der Waals surface area contributed by atoms with E-state index in [1.807, 2.05) is 79.8 Å². The average molecular weight is 559 g/mol. The Balaban J connectivity index is 1.48. The molecule has 212 valence electrons. The maximum atomic E-state index is 12.9. The van der Waals surface area contributed by atoms with Crippen LogP contribution < -0.4 is 10.5 Å². The van der Waals surface area contributed by atoms with Crippen molar-refractivity contribution in [3.63, 3.8) is 0 Å². The van der Waals surface area contributed by atoms with Crippen LogP contribution in [-0.4, -0.2) is 24.2 Å². The van der Waals surface area contributed by atoms with Crippen LogP contribution in [0.25, 0.3) is 41.3 Å². The summed E-state index contributed by atoms with van der Waals surface area (Å²) in [6, 6.07) is 23.0. The predicted octanol–water partition coefficient (Wildman–Crippen LogP) is 8.06. The standard InChI is InChI=1S/C36H34N2O4/c1-4-20-38(21-5-2)31-17-19-32-25(3)33(36(41)42-34(32)23-31)18-16-28-10-8-26(9-11-28)6-7-27-12-14-29(15-13-27)22-30(24-37)35(39)40/h6-19,22-23H,4-5,20-21H2,1-3H3,(H,39,40)/b7-6+,18-16+,30-22+. The van der Waals surface area contributed by atoms with E-state index < -0.39 is 5.97 Å². The predicted molar refractivity (Wildman–Crippen MR) is 172 cm³/mol. The van der Waals surface area contributed by atoms with Gasteiger partial charge in [0, 0.05) is 30.2 Å². The van der Waals surface area contributed by atoms with Crippen LogP contribution >= 0.6 is 0 Å². The number of hydrogen-bond acceptors (Lipinski definition) is 5. The lowest BCUT2D eigenvalue weighted by Gasteiger charge is -2.24. The van der Waals surface area contributed by atoms with Crippen molar-refractivity contribution in [3.8, 4) is 6.07 Å². The van der Waals surface area contributed by atoms with Gasteiger partial charge in [-0.15, -0.1) is 0 Å². The Morgan fingerprint density at radius 1 is 0.857 bits per heavy atom. The number of fused-ring (bicyclic) bond motifs is 1. The first-order chi connectivity index (χ1) is 20.3. The van der Waals surface area contributed by atoms with Gasteiger partial charge in [-0.05, 0) is 71.9 Å². The summed E-state index contributed by atoms with van der Waals surface area (Å²) in [6.45, 7) is 8.21. The molecule has 0 amide bonds. The van der Waals surface area contributed by atoms with Crippen LogP contribution in [0.1, 0.15) is 60.1 Å². The Bertz CT molecular complexity index is 1750. The van der Waals surface area contributed by atoms with Crippen molar-refractivity contribution in [2.75, 3.05) is 18.0 Å². The molecule has 42 heavy (non-hydrogen) atoms. The number of nitriles is 1. The molecule has 0 saturated carbocycles. The van der Waals surface area contributed by atoms with Crippen LogP contribution in [0.4, 0.5) is 5.69 Å². The third kappa shape index (κ3) is 7.32. The minimum absolute atomic E-state index is 0.306. The number of aryl methyl sites for hydroxylation is 1. The molecular weight excluding hydrogens is 524 g/mol. The summed E-state index contributed by atoms with van der Waals surface area (Å²) >= 11 is 0. The topological polar surface area (TPSA) is 94.5 Å². The van der Waals surface area contributed by atoms with E-state index in [1.54, 1.807) is 18.2 Å². The van der Waals surface area contributed by atoms with Crippen molar-refractivity contribution in [1.29, 1.82) is 5.26 Å². The van der Waals surface area contributed by atoms with Crippen molar-refractivity contribution < 1.29 is 14.3 Å². The molecule has 0 aliphatic carbocycles. The second-order valence-electron chi connectivity index (χ2n) is 10.1. The molecule has 0 fully saturated rings. The van der Waals surface area contributed by atoms with Gasteiger partial charge in [0.15, 0.2) is 0 Å². The van der Waals surface area contributed by atoms with Gasteiger partial charge in [-0.3, -0.25) is 0 Å². The fraction of sp³-hybridized carbons (Fsp3) is 0.194. The second kappa shape index (κ2) is 14.0. The summed E-state index contributed by atoms with van der Waals surface area (Å²) < 4.78 is 5.76. The number of benzene rings is 3. The fourth-order valence-electron chi connectivity index (χ4n) is 4.76. The van der Waals surface area contributed by atoms with Crippen molar-refractivity contribution in [3.05, 3.63) is 116 Å². The molecule has 0 aliphatic heterocycles. The third-order valence-corrected chi connectivity index (χ3v) is 6.99. The van der Waals surface area contributed by atoms with E-state index in [4.69, 9.17) is 14.8 Å². The molecule has 1 heterocycles. The first kappa shape index (κ1) is 29.8. The summed E-state index contributed by atoms with van der Waals surface area (Å²) in [7, 11) is 0. The molecule has 6 heteroatoms. The summed E-state index contributed by atoms with van der Waals surface area (Å²) in [5.41, 5.74) is 6.02. The molecule has 0 bridgehead atoms. The highest BCUT2D eigenvalue weighted by Gasteiger charge is 2.12. The Hall–Kier alpha value is -5.15. The van der Waals surface area contributed by atoms with Crippen molar-refractivity contribution in [2.45, 2.75) is 33.6 Å². The SMILES string of the molecule is CCCN(CCC)c1ccc2c(C)c(/C=C/c3ccc(/C=C/c4ccc(/C=C(\C#N)C(=O)O)cc4)cc3)c(=O)oc2c1. The number of carbonyl (C=O) groups is 1. The van der Waals surface area contributed by atoms with Crippen molar-refractivity contribution in [1.82, 2.24) is 0 Å². The monoisotopic (exact) mass is 558 g/mol. The van der Waals surface area contributed by atoms with Gasteiger partial charge >= 0.3 is 11.6 Å². The van der Waals surface area contributed by atoms with Crippen molar-refractivity contribution >= 4 is 53.0 Å². The average Bonchev–Trinajstić information content (AvgIpc) is 2.99. The zero-order valence-electron chi connectivity index (χ0n) is 24.1. The van der Waals surface area contributed by atoms with Crippen LogP contribution in [0.2, 0.25) is 0 Å². The molecule has 6 nitrogen and oxygen atoms in total. The third-order valence-electron chi connectivity index (χ3n) is 6.99. The molecule has 0 aliphatic rings. The van der Waals surface area contributed by atoms with E-state index in [0.29, 0.717) is 16.7 Å². The van der Waals surface area contributed by atoms with Crippen LogP contribution in [0.3, 0.4) is 0 Å². The van der Waals surface area contributed by atoms with E-state index in [2.05, 4.69) is 24.8 Å². The number of anilines is 1. The van der Waals surface area contributed by atoms with Crippen LogP contribution in [0.15, 0.2) is 81.5 Å². The molecule has 1 aromatic heterocycles. The number of rotatable bonds is 11. The summed E-state index contributed by atoms with van der Waals surface area (Å²) in [5, 5.41) is 18.8. The van der Waals surface area contributed by atoms with Gasteiger partial charge in [-0.1, -0.05) is 80.6 Å². The highest BCUT2D eigenvalue weighted by molar-refractivity contribution is 5.96. The number of nitrogens with zero attached hydrogens (tertiary/aromatic N) is 2. The van der Waals surface area contributed by atoms with Gasteiger partial charge in [-0.2, -0.15) is 5.26 Å². The maximum absolute atomic E-state index is 12.9. The van der Waals surface area contributed by atoms with E-state index in [0.717, 1.165) is 59.3 Å². The first-order valence-corrected chi connectivity index (χ1v) is 14.1. The minimum Gasteiger partial charge on any atom is -0.477 e. The normalized spacial score (nSPS) is 11.8. The van der Waals surface area contributed by atoms with Crippen LogP contribution in [0, 0.1) is 18.3 Å². The highest BCUT2D eigenvalue weighted by Crippen LogP contribution is 2.26.